The Bertz CT molecular complexity index is 388. The molecule has 1 aromatic rings. The second-order valence-electron chi connectivity index (χ2n) is 4.54. The lowest BCUT2D eigenvalue weighted by Crippen LogP contribution is -2.15. The molecule has 1 aromatic heterocycles. The Hall–Kier alpha value is -1.05. The van der Waals surface area contributed by atoms with E-state index in [1.807, 2.05) is 6.92 Å². The maximum absolute atomic E-state index is 5.83. The van der Waals surface area contributed by atoms with Crippen LogP contribution in [0, 0.1) is 6.92 Å². The molecule has 0 N–H and O–H groups in total. The lowest BCUT2D eigenvalue weighted by atomic mass is 9.92. The standard InChI is InChI=1S/C13H18BN/c1-8(2)6-12-11(9(3)4)7-10(5)13(14)15-12/h6-7,9H,1-5H3. The van der Waals surface area contributed by atoms with Crippen molar-refractivity contribution in [3.8, 4) is 0 Å². The number of pyridine rings is 1. The van der Waals surface area contributed by atoms with Crippen molar-refractivity contribution in [2.24, 2.45) is 0 Å². The molecule has 0 amide bonds. The van der Waals surface area contributed by atoms with Crippen molar-refractivity contribution in [1.29, 1.82) is 0 Å². The zero-order valence-corrected chi connectivity index (χ0v) is 10.3. The molecule has 0 aromatic carbocycles. The van der Waals surface area contributed by atoms with Gasteiger partial charge in [-0.2, -0.15) is 0 Å². The third-order valence-corrected chi connectivity index (χ3v) is 2.36. The van der Waals surface area contributed by atoms with Crippen molar-refractivity contribution in [2.45, 2.75) is 40.5 Å². The predicted molar refractivity (Wildman–Crippen MR) is 67.8 cm³/mol. The Kier molecular flexibility index (Phi) is 3.73. The van der Waals surface area contributed by atoms with E-state index in [9.17, 15) is 0 Å². The van der Waals surface area contributed by atoms with Gasteiger partial charge in [0.25, 0.3) is 0 Å². The fourth-order valence-corrected chi connectivity index (χ4v) is 1.52. The van der Waals surface area contributed by atoms with Gasteiger partial charge >= 0.3 is 0 Å². The Morgan fingerprint density at radius 1 is 1.40 bits per heavy atom. The number of nitrogens with zero attached hydrogens (tertiary/aromatic N) is 1. The van der Waals surface area contributed by atoms with E-state index in [0.29, 0.717) is 11.5 Å². The third-order valence-electron chi connectivity index (χ3n) is 2.36. The monoisotopic (exact) mass is 199 g/mol. The van der Waals surface area contributed by atoms with Crippen LogP contribution in [-0.2, 0) is 0 Å². The summed E-state index contributed by atoms with van der Waals surface area (Å²) in [6.45, 7) is 10.5. The summed E-state index contributed by atoms with van der Waals surface area (Å²) in [4.78, 5) is 4.44. The van der Waals surface area contributed by atoms with Crippen molar-refractivity contribution >= 4 is 19.5 Å². The highest BCUT2D eigenvalue weighted by atomic mass is 14.7. The maximum Gasteiger partial charge on any atom is 0.142 e. The summed E-state index contributed by atoms with van der Waals surface area (Å²) in [6.07, 6.45) is 2.09. The topological polar surface area (TPSA) is 12.9 Å². The molecule has 0 aliphatic rings. The van der Waals surface area contributed by atoms with Crippen LogP contribution >= 0.6 is 0 Å². The third kappa shape index (κ3) is 2.95. The first-order valence-electron chi connectivity index (χ1n) is 5.33. The van der Waals surface area contributed by atoms with Crippen molar-refractivity contribution in [1.82, 2.24) is 4.98 Å². The van der Waals surface area contributed by atoms with E-state index < -0.39 is 0 Å². The van der Waals surface area contributed by atoms with Gasteiger partial charge < -0.3 is 0 Å². The van der Waals surface area contributed by atoms with Crippen LogP contribution in [0.1, 0.15) is 50.4 Å². The zero-order valence-electron chi connectivity index (χ0n) is 10.3. The molecule has 1 heterocycles. The molecule has 0 unspecified atom stereocenters. The number of aryl methyl sites for hydroxylation is 1. The molecule has 2 heteroatoms. The first-order chi connectivity index (χ1) is 6.91. The minimum atomic E-state index is 0.474. The summed E-state index contributed by atoms with van der Waals surface area (Å²) in [5, 5.41) is 0. The molecule has 0 aliphatic carbocycles. The van der Waals surface area contributed by atoms with Gasteiger partial charge in [0.05, 0.1) is 5.69 Å². The van der Waals surface area contributed by atoms with Crippen molar-refractivity contribution in [2.75, 3.05) is 0 Å². The van der Waals surface area contributed by atoms with Crippen LogP contribution in [0.5, 0.6) is 0 Å². The van der Waals surface area contributed by atoms with Crippen molar-refractivity contribution < 1.29 is 0 Å². The second kappa shape index (κ2) is 4.65. The number of rotatable bonds is 2. The summed E-state index contributed by atoms with van der Waals surface area (Å²) in [7, 11) is 5.83. The predicted octanol–water partition coefficient (Wildman–Crippen LogP) is 2.73. The van der Waals surface area contributed by atoms with Gasteiger partial charge in [0, 0.05) is 0 Å². The Morgan fingerprint density at radius 2 is 2.00 bits per heavy atom. The van der Waals surface area contributed by atoms with Gasteiger partial charge in [-0.25, -0.2) is 0 Å². The van der Waals surface area contributed by atoms with Crippen LogP contribution in [0.15, 0.2) is 11.6 Å². The molecular weight excluding hydrogens is 181 g/mol. The van der Waals surface area contributed by atoms with E-state index in [-0.39, 0.29) is 0 Å². The first kappa shape index (κ1) is 12.0. The smallest absolute Gasteiger partial charge is 0.142 e. The van der Waals surface area contributed by atoms with Crippen LogP contribution in [-0.4, -0.2) is 12.8 Å². The highest BCUT2D eigenvalue weighted by Crippen LogP contribution is 2.20. The maximum atomic E-state index is 5.83. The molecular formula is C13H18BN. The summed E-state index contributed by atoms with van der Waals surface area (Å²) < 4.78 is 0. The number of allylic oxidation sites excluding steroid dienone is 1. The highest BCUT2D eigenvalue weighted by Gasteiger charge is 2.08. The van der Waals surface area contributed by atoms with E-state index >= 15 is 0 Å². The second-order valence-corrected chi connectivity index (χ2v) is 4.54. The molecule has 78 valence electrons. The molecule has 0 spiro atoms. The Labute approximate surface area is 94.0 Å². The number of hydrogen-bond donors (Lipinski definition) is 0. The van der Waals surface area contributed by atoms with Gasteiger partial charge in [0.1, 0.15) is 7.85 Å². The first-order valence-corrected chi connectivity index (χ1v) is 5.33. The molecule has 2 radical (unpaired) electrons. The zero-order chi connectivity index (χ0) is 11.6. The quantitative estimate of drug-likeness (QED) is 0.667. The van der Waals surface area contributed by atoms with Crippen molar-refractivity contribution in [3.05, 3.63) is 28.5 Å². The molecule has 0 atom stereocenters. The number of hydrogen-bond acceptors (Lipinski definition) is 1. The van der Waals surface area contributed by atoms with E-state index in [1.165, 1.54) is 11.1 Å². The van der Waals surface area contributed by atoms with Crippen LogP contribution in [0.4, 0.5) is 0 Å². The van der Waals surface area contributed by atoms with Gasteiger partial charge in [-0.3, -0.25) is 4.98 Å². The SMILES string of the molecule is [B]c1nc(C=C(C)C)c(C(C)C)cc1C. The van der Waals surface area contributed by atoms with Gasteiger partial charge in [-0.15, -0.1) is 0 Å². The summed E-state index contributed by atoms with van der Waals surface area (Å²) in [5.41, 5.74) is 5.21. The average Bonchev–Trinajstić information content (AvgIpc) is 2.09. The van der Waals surface area contributed by atoms with Crippen LogP contribution < -0.4 is 5.59 Å². The minimum absolute atomic E-state index is 0.474. The van der Waals surface area contributed by atoms with E-state index in [1.54, 1.807) is 0 Å². The molecule has 15 heavy (non-hydrogen) atoms. The molecule has 0 bridgehead atoms. The summed E-state index contributed by atoms with van der Waals surface area (Å²) >= 11 is 0. The van der Waals surface area contributed by atoms with E-state index in [2.05, 4.69) is 44.8 Å². The Morgan fingerprint density at radius 3 is 2.47 bits per heavy atom. The molecule has 0 aliphatic heterocycles. The van der Waals surface area contributed by atoms with Crippen LogP contribution in [0.25, 0.3) is 6.08 Å². The lowest BCUT2D eigenvalue weighted by molar-refractivity contribution is 0.853. The lowest BCUT2D eigenvalue weighted by Gasteiger charge is -2.13. The van der Waals surface area contributed by atoms with Gasteiger partial charge in [0.15, 0.2) is 0 Å². The summed E-state index contributed by atoms with van der Waals surface area (Å²) in [6, 6.07) is 2.14. The molecule has 1 nitrogen and oxygen atoms in total. The fourth-order valence-electron chi connectivity index (χ4n) is 1.52. The van der Waals surface area contributed by atoms with E-state index in [4.69, 9.17) is 7.85 Å². The summed E-state index contributed by atoms with van der Waals surface area (Å²) in [5.74, 6) is 0.474. The average molecular weight is 199 g/mol. The molecule has 0 saturated carbocycles. The van der Waals surface area contributed by atoms with Crippen LogP contribution in [0.2, 0.25) is 0 Å². The number of aromatic nitrogens is 1. The van der Waals surface area contributed by atoms with E-state index in [0.717, 1.165) is 11.3 Å². The fraction of sp³-hybridized carbons (Fsp3) is 0.462. The highest BCUT2D eigenvalue weighted by molar-refractivity contribution is 6.31. The van der Waals surface area contributed by atoms with Crippen LogP contribution in [0.3, 0.4) is 0 Å². The van der Waals surface area contributed by atoms with Crippen molar-refractivity contribution in [3.63, 3.8) is 0 Å². The normalized spacial score (nSPS) is 10.5. The minimum Gasteiger partial charge on any atom is -0.264 e. The molecule has 0 saturated heterocycles. The van der Waals surface area contributed by atoms with Gasteiger partial charge in [-0.05, 0) is 49.5 Å². The Balaban J connectivity index is 3.35. The largest absolute Gasteiger partial charge is 0.264 e. The van der Waals surface area contributed by atoms with Gasteiger partial charge in [-0.1, -0.05) is 25.5 Å². The molecule has 1 rings (SSSR count). The van der Waals surface area contributed by atoms with Gasteiger partial charge in [0.2, 0.25) is 0 Å². The molecule has 0 fully saturated rings.